The van der Waals surface area contributed by atoms with Gasteiger partial charge in [-0.3, -0.25) is 0 Å². The van der Waals surface area contributed by atoms with Crippen LogP contribution >= 0.6 is 11.6 Å². The molecular formula is C23H27ClFN3. The molecular weight excluding hydrogens is 373 g/mol. The van der Waals surface area contributed by atoms with Gasteiger partial charge in [0, 0.05) is 54.8 Å². The zero-order valence-corrected chi connectivity index (χ0v) is 17.1. The zero-order valence-electron chi connectivity index (χ0n) is 16.4. The summed E-state index contributed by atoms with van der Waals surface area (Å²) in [6.45, 7) is 6.47. The lowest BCUT2D eigenvalue weighted by Gasteiger charge is -2.32. The number of nitrogens with zero attached hydrogens (tertiary/aromatic N) is 3. The smallest absolute Gasteiger partial charge is 0.124 e. The molecule has 148 valence electrons. The fourth-order valence-electron chi connectivity index (χ4n) is 4.05. The highest BCUT2D eigenvalue weighted by atomic mass is 35.5. The molecule has 0 saturated carbocycles. The summed E-state index contributed by atoms with van der Waals surface area (Å²) in [5, 5.41) is 1.79. The molecule has 0 aliphatic carbocycles. The van der Waals surface area contributed by atoms with Crippen molar-refractivity contribution in [2.24, 2.45) is 0 Å². The SMILES string of the molecule is CN1CCN(CCCc2cn(Cc3ccc(F)cc3Cl)c3ccccc23)CC1. The van der Waals surface area contributed by atoms with Gasteiger partial charge in [-0.25, -0.2) is 4.39 Å². The van der Waals surface area contributed by atoms with E-state index in [0.29, 0.717) is 11.6 Å². The molecule has 0 spiro atoms. The highest BCUT2D eigenvalue weighted by molar-refractivity contribution is 6.31. The molecule has 0 radical (unpaired) electrons. The van der Waals surface area contributed by atoms with Crippen molar-refractivity contribution in [3.63, 3.8) is 0 Å². The molecule has 1 aliphatic heterocycles. The van der Waals surface area contributed by atoms with E-state index in [4.69, 9.17) is 11.6 Å². The lowest BCUT2D eigenvalue weighted by atomic mass is 10.1. The molecule has 28 heavy (non-hydrogen) atoms. The second-order valence-electron chi connectivity index (χ2n) is 7.78. The number of para-hydroxylation sites is 1. The van der Waals surface area contributed by atoms with Crippen LogP contribution in [0, 0.1) is 5.82 Å². The van der Waals surface area contributed by atoms with Gasteiger partial charge in [-0.05, 0) is 55.8 Å². The first-order valence-corrected chi connectivity index (χ1v) is 10.4. The molecule has 2 aromatic carbocycles. The number of benzene rings is 2. The highest BCUT2D eigenvalue weighted by Crippen LogP contribution is 2.26. The summed E-state index contributed by atoms with van der Waals surface area (Å²) in [7, 11) is 2.19. The number of aromatic nitrogens is 1. The quantitative estimate of drug-likeness (QED) is 0.597. The minimum atomic E-state index is -0.296. The van der Waals surface area contributed by atoms with Gasteiger partial charge in [0.15, 0.2) is 0 Å². The van der Waals surface area contributed by atoms with Crippen LogP contribution in [0.2, 0.25) is 5.02 Å². The predicted octanol–water partition coefficient (Wildman–Crippen LogP) is 4.66. The standard InChI is InChI=1S/C23H27ClFN3/c1-26-11-13-27(14-12-26)10-4-5-18-16-28(23-7-3-2-6-21(18)23)17-19-8-9-20(25)15-22(19)24/h2-3,6-9,15-16H,4-5,10-14,17H2,1H3. The van der Waals surface area contributed by atoms with Crippen molar-refractivity contribution in [1.82, 2.24) is 14.4 Å². The molecule has 2 heterocycles. The van der Waals surface area contributed by atoms with Gasteiger partial charge < -0.3 is 14.4 Å². The number of fused-ring (bicyclic) bond motifs is 1. The van der Waals surface area contributed by atoms with Crippen LogP contribution in [0.15, 0.2) is 48.7 Å². The van der Waals surface area contributed by atoms with Crippen LogP contribution in [-0.2, 0) is 13.0 Å². The molecule has 0 bridgehead atoms. The van der Waals surface area contributed by atoms with Crippen molar-refractivity contribution in [1.29, 1.82) is 0 Å². The number of piperazine rings is 1. The number of hydrogen-bond donors (Lipinski definition) is 0. The summed E-state index contributed by atoms with van der Waals surface area (Å²) in [5.41, 5.74) is 3.52. The van der Waals surface area contributed by atoms with E-state index in [1.807, 2.05) is 0 Å². The molecule has 0 N–H and O–H groups in total. The average Bonchev–Trinajstić information content (AvgIpc) is 3.03. The van der Waals surface area contributed by atoms with Gasteiger partial charge in [0.1, 0.15) is 5.82 Å². The summed E-state index contributed by atoms with van der Waals surface area (Å²) >= 11 is 6.25. The van der Waals surface area contributed by atoms with E-state index >= 15 is 0 Å². The predicted molar refractivity (Wildman–Crippen MR) is 115 cm³/mol. The van der Waals surface area contributed by atoms with Crippen LogP contribution in [-0.4, -0.2) is 54.1 Å². The Morgan fingerprint density at radius 2 is 1.79 bits per heavy atom. The summed E-state index contributed by atoms with van der Waals surface area (Å²) in [4.78, 5) is 4.96. The number of aryl methyl sites for hydroxylation is 1. The molecule has 0 atom stereocenters. The van der Waals surface area contributed by atoms with E-state index in [1.165, 1.54) is 41.7 Å². The fourth-order valence-corrected chi connectivity index (χ4v) is 4.28. The maximum atomic E-state index is 13.4. The van der Waals surface area contributed by atoms with E-state index < -0.39 is 0 Å². The lowest BCUT2D eigenvalue weighted by Crippen LogP contribution is -2.44. The Hall–Kier alpha value is -1.88. The van der Waals surface area contributed by atoms with Crippen LogP contribution < -0.4 is 0 Å². The van der Waals surface area contributed by atoms with E-state index in [9.17, 15) is 4.39 Å². The Bertz CT molecular complexity index is 944. The summed E-state index contributed by atoms with van der Waals surface area (Å²) < 4.78 is 15.6. The number of rotatable bonds is 6. The number of halogens is 2. The van der Waals surface area contributed by atoms with Crippen molar-refractivity contribution in [3.05, 3.63) is 70.6 Å². The van der Waals surface area contributed by atoms with Gasteiger partial charge in [0.05, 0.1) is 0 Å². The van der Waals surface area contributed by atoms with Gasteiger partial charge in [0.2, 0.25) is 0 Å². The van der Waals surface area contributed by atoms with Crippen molar-refractivity contribution in [3.8, 4) is 0 Å². The minimum absolute atomic E-state index is 0.296. The Kier molecular flexibility index (Phi) is 6.00. The maximum absolute atomic E-state index is 13.4. The summed E-state index contributed by atoms with van der Waals surface area (Å²) in [6, 6.07) is 13.2. The maximum Gasteiger partial charge on any atom is 0.124 e. The Morgan fingerprint density at radius 1 is 1.00 bits per heavy atom. The monoisotopic (exact) mass is 399 g/mol. The zero-order chi connectivity index (χ0) is 19.5. The van der Waals surface area contributed by atoms with Crippen molar-refractivity contribution in [2.75, 3.05) is 39.8 Å². The molecule has 0 unspecified atom stereocenters. The molecule has 3 aromatic rings. The first kappa shape index (κ1) is 19.4. The average molecular weight is 400 g/mol. The van der Waals surface area contributed by atoms with Gasteiger partial charge in [-0.2, -0.15) is 0 Å². The minimum Gasteiger partial charge on any atom is -0.343 e. The topological polar surface area (TPSA) is 11.4 Å². The molecule has 1 fully saturated rings. The fraction of sp³-hybridized carbons (Fsp3) is 0.391. The summed E-state index contributed by atoms with van der Waals surface area (Å²) in [6.07, 6.45) is 4.47. The first-order chi connectivity index (χ1) is 13.6. The lowest BCUT2D eigenvalue weighted by molar-refractivity contribution is 0.153. The van der Waals surface area contributed by atoms with Gasteiger partial charge in [-0.15, -0.1) is 0 Å². The second kappa shape index (κ2) is 8.64. The van der Waals surface area contributed by atoms with Crippen molar-refractivity contribution in [2.45, 2.75) is 19.4 Å². The van der Waals surface area contributed by atoms with Crippen LogP contribution in [0.4, 0.5) is 4.39 Å². The molecule has 3 nitrogen and oxygen atoms in total. The van der Waals surface area contributed by atoms with E-state index in [0.717, 1.165) is 38.0 Å². The Balaban J connectivity index is 1.48. The van der Waals surface area contributed by atoms with Crippen molar-refractivity contribution < 1.29 is 4.39 Å². The third-order valence-corrected chi connectivity index (χ3v) is 6.10. The number of hydrogen-bond acceptors (Lipinski definition) is 2. The van der Waals surface area contributed by atoms with E-state index in [-0.39, 0.29) is 5.82 Å². The first-order valence-electron chi connectivity index (χ1n) is 10.0. The molecule has 1 saturated heterocycles. The highest BCUT2D eigenvalue weighted by Gasteiger charge is 2.14. The van der Waals surface area contributed by atoms with Gasteiger partial charge in [-0.1, -0.05) is 35.9 Å². The van der Waals surface area contributed by atoms with E-state index in [1.54, 1.807) is 6.07 Å². The Morgan fingerprint density at radius 3 is 2.57 bits per heavy atom. The van der Waals surface area contributed by atoms with Crippen LogP contribution in [0.3, 0.4) is 0 Å². The van der Waals surface area contributed by atoms with Gasteiger partial charge in [0.25, 0.3) is 0 Å². The second-order valence-corrected chi connectivity index (χ2v) is 8.19. The van der Waals surface area contributed by atoms with Crippen molar-refractivity contribution >= 4 is 22.5 Å². The molecule has 4 rings (SSSR count). The number of likely N-dealkylation sites (N-methyl/N-ethyl adjacent to an activating group) is 1. The van der Waals surface area contributed by atoms with Gasteiger partial charge >= 0.3 is 0 Å². The molecule has 1 aliphatic rings. The molecule has 0 amide bonds. The Labute approximate surface area is 171 Å². The van der Waals surface area contributed by atoms with Crippen LogP contribution in [0.5, 0.6) is 0 Å². The third-order valence-electron chi connectivity index (χ3n) is 5.74. The largest absolute Gasteiger partial charge is 0.343 e. The van der Waals surface area contributed by atoms with Crippen LogP contribution in [0.25, 0.3) is 10.9 Å². The van der Waals surface area contributed by atoms with E-state index in [2.05, 4.69) is 51.9 Å². The third kappa shape index (κ3) is 4.40. The molecule has 5 heteroatoms. The normalized spacial score (nSPS) is 16.1. The summed E-state index contributed by atoms with van der Waals surface area (Å²) in [5.74, 6) is -0.296. The molecule has 1 aromatic heterocycles. The van der Waals surface area contributed by atoms with Crippen LogP contribution in [0.1, 0.15) is 17.5 Å².